The molecule has 166 valence electrons. The maximum Gasteiger partial charge on any atom is 0.398 e. The molecule has 0 spiro atoms. The fourth-order valence-electron chi connectivity index (χ4n) is 4.68. The molecule has 0 radical (unpaired) electrons. The molecule has 1 aromatic rings. The van der Waals surface area contributed by atoms with E-state index in [1.54, 1.807) is 14.2 Å². The number of benzene rings is 1. The van der Waals surface area contributed by atoms with E-state index in [9.17, 15) is 0 Å². The van der Waals surface area contributed by atoms with Crippen LogP contribution in [0.1, 0.15) is 52.5 Å². The highest BCUT2D eigenvalue weighted by atomic mass is 31.2. The predicted octanol–water partition coefficient (Wildman–Crippen LogP) is 5.17. The van der Waals surface area contributed by atoms with Crippen molar-refractivity contribution in [2.24, 2.45) is 0 Å². The Morgan fingerprint density at radius 2 is 1.67 bits per heavy atom. The Morgan fingerprint density at radius 1 is 1.00 bits per heavy atom. The maximum atomic E-state index is 6.25. The molecule has 0 amide bonds. The molecule has 30 heavy (non-hydrogen) atoms. The summed E-state index contributed by atoms with van der Waals surface area (Å²) >= 11 is 0. The van der Waals surface area contributed by atoms with Gasteiger partial charge in [0.25, 0.3) is 0 Å². The number of allylic oxidation sites excluding steroid dienone is 1. The van der Waals surface area contributed by atoms with Gasteiger partial charge in [-0.05, 0) is 77.9 Å². The van der Waals surface area contributed by atoms with E-state index in [1.807, 2.05) is 6.07 Å². The summed E-state index contributed by atoms with van der Waals surface area (Å²) in [5, 5.41) is 0. The van der Waals surface area contributed by atoms with Crippen LogP contribution in [0.5, 0.6) is 11.5 Å². The molecule has 1 unspecified atom stereocenters. The van der Waals surface area contributed by atoms with Crippen molar-refractivity contribution in [3.05, 3.63) is 35.6 Å². The summed E-state index contributed by atoms with van der Waals surface area (Å²) in [7, 11) is 4.17. The van der Waals surface area contributed by atoms with Crippen LogP contribution in [0.2, 0.25) is 0 Å². The van der Waals surface area contributed by atoms with Gasteiger partial charge in [-0.2, -0.15) is 0 Å². The number of rotatable bonds is 5. The van der Waals surface area contributed by atoms with Crippen LogP contribution in [0.25, 0.3) is 0 Å². The molecule has 1 aliphatic carbocycles. The number of likely N-dealkylation sites (N-methyl/N-ethyl adjacent to an activating group) is 1. The minimum absolute atomic E-state index is 0.0460. The van der Waals surface area contributed by atoms with Crippen LogP contribution in [0.4, 0.5) is 0 Å². The van der Waals surface area contributed by atoms with Crippen LogP contribution < -0.4 is 9.47 Å². The van der Waals surface area contributed by atoms with Gasteiger partial charge >= 0.3 is 8.60 Å². The molecule has 2 saturated heterocycles. The first kappa shape index (κ1) is 21.9. The van der Waals surface area contributed by atoms with Crippen LogP contribution in [-0.2, 0) is 19.0 Å². The molecular weight excluding hydrogens is 401 g/mol. The number of ether oxygens (including phenoxy) is 2. The zero-order valence-electron chi connectivity index (χ0n) is 19.2. The summed E-state index contributed by atoms with van der Waals surface area (Å²) in [6.45, 7) is 9.27. The van der Waals surface area contributed by atoms with Crippen molar-refractivity contribution >= 4 is 8.60 Å². The summed E-state index contributed by atoms with van der Waals surface area (Å²) < 4.78 is 29.5. The summed E-state index contributed by atoms with van der Waals surface area (Å²) in [5.74, 6) is 2.52. The molecule has 2 fully saturated rings. The van der Waals surface area contributed by atoms with Gasteiger partial charge in [0.05, 0.1) is 14.2 Å². The van der Waals surface area contributed by atoms with Crippen LogP contribution in [-0.4, -0.2) is 50.0 Å². The highest BCUT2D eigenvalue weighted by molar-refractivity contribution is 7.42. The lowest BCUT2D eigenvalue weighted by atomic mass is 9.68. The second-order valence-electron chi connectivity index (χ2n) is 9.55. The second-order valence-corrected chi connectivity index (χ2v) is 10.5. The SMILES string of the molecule is COc1ccc([C@@]23CCC(OP4OC(C)(C)C(C)(C)O4)=CC2N(C)CC3)cc1OC. The number of hydrogen-bond acceptors (Lipinski definition) is 6. The second kappa shape index (κ2) is 7.67. The number of likely N-dealkylation sites (tertiary alicyclic amines) is 1. The Hall–Kier alpha value is -1.33. The zero-order chi connectivity index (χ0) is 21.7. The van der Waals surface area contributed by atoms with E-state index in [4.69, 9.17) is 23.0 Å². The summed E-state index contributed by atoms with van der Waals surface area (Å²) in [6, 6.07) is 6.61. The number of hydrogen-bond donors (Lipinski definition) is 0. The molecule has 0 N–H and O–H groups in total. The first-order chi connectivity index (χ1) is 14.1. The van der Waals surface area contributed by atoms with E-state index in [0.29, 0.717) is 0 Å². The Kier molecular flexibility index (Phi) is 5.59. The van der Waals surface area contributed by atoms with E-state index < -0.39 is 8.60 Å². The van der Waals surface area contributed by atoms with Crippen LogP contribution in [0, 0.1) is 0 Å². The van der Waals surface area contributed by atoms with E-state index >= 15 is 0 Å². The van der Waals surface area contributed by atoms with Gasteiger partial charge < -0.3 is 14.0 Å². The van der Waals surface area contributed by atoms with E-state index in [1.165, 1.54) is 5.56 Å². The number of nitrogens with zero attached hydrogens (tertiary/aromatic N) is 1. The first-order valence-electron chi connectivity index (χ1n) is 10.6. The summed E-state index contributed by atoms with van der Waals surface area (Å²) in [5.41, 5.74) is 0.596. The number of methoxy groups -OCH3 is 2. The minimum atomic E-state index is -1.38. The lowest BCUT2D eigenvalue weighted by Crippen LogP contribution is -2.42. The molecule has 0 aromatic heterocycles. The third-order valence-electron chi connectivity index (χ3n) is 7.32. The molecule has 0 bridgehead atoms. The minimum Gasteiger partial charge on any atom is -0.493 e. The highest BCUT2D eigenvalue weighted by Crippen LogP contribution is 2.60. The van der Waals surface area contributed by atoms with Gasteiger partial charge in [-0.1, -0.05) is 6.07 Å². The van der Waals surface area contributed by atoms with Crippen LogP contribution in [0.3, 0.4) is 0 Å². The van der Waals surface area contributed by atoms with Gasteiger partial charge in [0.1, 0.15) is 17.0 Å². The Labute approximate surface area is 181 Å². The summed E-state index contributed by atoms with van der Waals surface area (Å²) in [6.07, 6.45) is 5.26. The normalized spacial score (nSPS) is 30.6. The third-order valence-corrected chi connectivity index (χ3v) is 8.91. The summed E-state index contributed by atoms with van der Waals surface area (Å²) in [4.78, 5) is 2.41. The van der Waals surface area contributed by atoms with E-state index in [2.05, 4.69) is 57.9 Å². The molecular formula is C23H34NO5P. The molecule has 1 aromatic carbocycles. The lowest BCUT2D eigenvalue weighted by Gasteiger charge is -2.40. The third kappa shape index (κ3) is 3.52. The quantitative estimate of drug-likeness (QED) is 0.595. The Balaban J connectivity index is 1.59. The van der Waals surface area contributed by atoms with Crippen molar-refractivity contribution < 1.29 is 23.0 Å². The van der Waals surface area contributed by atoms with Crippen LogP contribution >= 0.6 is 8.60 Å². The fraction of sp³-hybridized carbons (Fsp3) is 0.652. The molecule has 3 aliphatic rings. The lowest BCUT2D eigenvalue weighted by molar-refractivity contribution is 0.00578. The van der Waals surface area contributed by atoms with Gasteiger partial charge in [0.15, 0.2) is 11.5 Å². The highest BCUT2D eigenvalue weighted by Gasteiger charge is 2.53. The van der Waals surface area contributed by atoms with Gasteiger partial charge in [-0.25, -0.2) is 0 Å². The Bertz CT molecular complexity index is 823. The van der Waals surface area contributed by atoms with Crippen molar-refractivity contribution in [3.63, 3.8) is 0 Å². The first-order valence-corrected chi connectivity index (χ1v) is 11.7. The van der Waals surface area contributed by atoms with Crippen molar-refractivity contribution in [2.75, 3.05) is 27.8 Å². The van der Waals surface area contributed by atoms with Gasteiger partial charge in [-0.3, -0.25) is 13.9 Å². The molecule has 7 heteroatoms. The Morgan fingerprint density at radius 3 is 2.30 bits per heavy atom. The van der Waals surface area contributed by atoms with E-state index in [0.717, 1.165) is 43.1 Å². The maximum absolute atomic E-state index is 6.25. The van der Waals surface area contributed by atoms with Crippen molar-refractivity contribution in [1.29, 1.82) is 0 Å². The van der Waals surface area contributed by atoms with Gasteiger partial charge in [0, 0.05) is 17.9 Å². The molecule has 2 atom stereocenters. The molecule has 2 aliphatic heterocycles. The monoisotopic (exact) mass is 435 g/mol. The van der Waals surface area contributed by atoms with Gasteiger partial charge in [0.2, 0.25) is 0 Å². The van der Waals surface area contributed by atoms with Crippen molar-refractivity contribution in [1.82, 2.24) is 4.90 Å². The smallest absolute Gasteiger partial charge is 0.398 e. The fourth-order valence-corrected chi connectivity index (χ4v) is 6.32. The number of fused-ring (bicyclic) bond motifs is 1. The zero-order valence-corrected chi connectivity index (χ0v) is 20.0. The predicted molar refractivity (Wildman–Crippen MR) is 118 cm³/mol. The molecule has 0 saturated carbocycles. The van der Waals surface area contributed by atoms with Crippen molar-refractivity contribution in [2.45, 2.75) is 69.6 Å². The van der Waals surface area contributed by atoms with Crippen molar-refractivity contribution in [3.8, 4) is 11.5 Å². The van der Waals surface area contributed by atoms with E-state index in [-0.39, 0.29) is 22.7 Å². The topological polar surface area (TPSA) is 49.4 Å². The molecule has 4 rings (SSSR count). The largest absolute Gasteiger partial charge is 0.493 e. The molecule has 6 nitrogen and oxygen atoms in total. The molecule has 2 heterocycles. The van der Waals surface area contributed by atoms with Gasteiger partial charge in [-0.15, -0.1) is 0 Å². The van der Waals surface area contributed by atoms with Crippen LogP contribution in [0.15, 0.2) is 30.0 Å². The standard InChI is InChI=1S/C23H34NO5P/c1-21(2)22(3,4)29-30(28-21)27-17-10-11-23(12-13-24(5)20(23)15-17)16-8-9-18(25-6)19(14-16)26-7/h8-9,14-15,20H,10-13H2,1-7H3/t20?,23-/m0/s1. The average molecular weight is 436 g/mol. The average Bonchev–Trinajstić information content (AvgIpc) is 3.14.